The van der Waals surface area contributed by atoms with Gasteiger partial charge >= 0.3 is 5.97 Å². The van der Waals surface area contributed by atoms with Gasteiger partial charge in [0.05, 0.1) is 30.7 Å². The Morgan fingerprint density at radius 3 is 2.38 bits per heavy atom. The van der Waals surface area contributed by atoms with Gasteiger partial charge in [-0.25, -0.2) is 0 Å². The number of carbonyl (C=O) groups is 4. The van der Waals surface area contributed by atoms with E-state index >= 15 is 4.79 Å². The summed E-state index contributed by atoms with van der Waals surface area (Å²) >= 11 is 0. The minimum atomic E-state index is -1.47. The maximum atomic E-state index is 15.1. The molecule has 1 spiro atoms. The smallest absolute Gasteiger partial charge is 0.313 e. The zero-order valence-corrected chi connectivity index (χ0v) is 28.6. The number of allylic oxidation sites excluding steroid dienone is 1. The number of fused-ring (bicyclic) bond motifs is 2. The van der Waals surface area contributed by atoms with Crippen molar-refractivity contribution >= 4 is 23.7 Å². The molecule has 50 heavy (non-hydrogen) atoms. The third-order valence-electron chi connectivity index (χ3n) is 11.2. The molecule has 7 rings (SSSR count). The molecule has 1 aliphatic carbocycles. The van der Waals surface area contributed by atoms with E-state index in [1.54, 1.807) is 13.0 Å². The van der Waals surface area contributed by atoms with Crippen molar-refractivity contribution in [2.45, 2.75) is 100 Å². The highest BCUT2D eigenvalue weighted by Crippen LogP contribution is 2.54. The summed E-state index contributed by atoms with van der Waals surface area (Å²) in [6, 6.07) is 16.5. The van der Waals surface area contributed by atoms with Crippen LogP contribution in [0.1, 0.15) is 69.1 Å². The maximum absolute atomic E-state index is 15.1. The summed E-state index contributed by atoms with van der Waals surface area (Å²) in [6.45, 7) is 1.81. The average Bonchev–Trinajstić information content (AvgIpc) is 3.52. The molecule has 2 saturated heterocycles. The van der Waals surface area contributed by atoms with Gasteiger partial charge in [0, 0.05) is 19.0 Å². The summed E-state index contributed by atoms with van der Waals surface area (Å²) in [7, 11) is 0. The monoisotopic (exact) mass is 681 g/mol. The highest BCUT2D eigenvalue weighted by atomic mass is 16.6. The molecule has 264 valence electrons. The van der Waals surface area contributed by atoms with Crippen molar-refractivity contribution < 1.29 is 33.8 Å². The van der Waals surface area contributed by atoms with Gasteiger partial charge in [-0.1, -0.05) is 104 Å². The molecular formula is C40H47N3O7. The number of esters is 1. The SMILES string of the molecule is C[C@H]1NC(=O)CC/C=C\[C@H]2O[C@]34C=CCN(C5CCCCC5)C(=O)[C@H]3N([C@@H](CO)Cc3ccccc3)C(=O)[C@@H]4[C@H]2C(=O)O[C@@H]1c1ccccc1. The Bertz CT molecular complexity index is 1620. The third kappa shape index (κ3) is 6.28. The predicted octanol–water partition coefficient (Wildman–Crippen LogP) is 4.04. The largest absolute Gasteiger partial charge is 0.455 e. The number of benzene rings is 2. The lowest BCUT2D eigenvalue weighted by atomic mass is 9.77. The molecule has 1 saturated carbocycles. The molecule has 3 amide bonds. The van der Waals surface area contributed by atoms with Crippen LogP contribution in [0.15, 0.2) is 85.0 Å². The van der Waals surface area contributed by atoms with Gasteiger partial charge < -0.3 is 29.7 Å². The molecule has 2 aromatic rings. The van der Waals surface area contributed by atoms with Crippen LogP contribution in [0, 0.1) is 11.8 Å². The molecule has 10 nitrogen and oxygen atoms in total. The van der Waals surface area contributed by atoms with Gasteiger partial charge in [0.25, 0.3) is 0 Å². The van der Waals surface area contributed by atoms with Crippen molar-refractivity contribution in [2.24, 2.45) is 11.8 Å². The lowest BCUT2D eigenvalue weighted by Crippen LogP contribution is -2.60. The third-order valence-corrected chi connectivity index (χ3v) is 11.2. The van der Waals surface area contributed by atoms with E-state index in [-0.39, 0.29) is 30.9 Å². The van der Waals surface area contributed by atoms with Crippen LogP contribution in [0.3, 0.4) is 0 Å². The Morgan fingerprint density at radius 2 is 1.66 bits per heavy atom. The molecular weight excluding hydrogens is 634 g/mol. The Morgan fingerprint density at radius 1 is 0.940 bits per heavy atom. The predicted molar refractivity (Wildman–Crippen MR) is 185 cm³/mol. The van der Waals surface area contributed by atoms with Crippen LogP contribution in [0.25, 0.3) is 0 Å². The van der Waals surface area contributed by atoms with E-state index in [1.807, 2.05) is 83.8 Å². The zero-order chi connectivity index (χ0) is 34.8. The molecule has 0 radical (unpaired) electrons. The van der Waals surface area contributed by atoms with E-state index in [2.05, 4.69) is 5.32 Å². The summed E-state index contributed by atoms with van der Waals surface area (Å²) in [6.07, 6.45) is 11.5. The summed E-state index contributed by atoms with van der Waals surface area (Å²) < 4.78 is 13.2. The lowest BCUT2D eigenvalue weighted by molar-refractivity contribution is -0.162. The van der Waals surface area contributed by atoms with Crippen LogP contribution >= 0.6 is 0 Å². The maximum Gasteiger partial charge on any atom is 0.313 e. The quantitative estimate of drug-likeness (QED) is 0.348. The molecule has 8 atom stereocenters. The van der Waals surface area contributed by atoms with E-state index in [9.17, 15) is 19.5 Å². The van der Waals surface area contributed by atoms with Crippen LogP contribution in [0.4, 0.5) is 0 Å². The molecule has 4 heterocycles. The van der Waals surface area contributed by atoms with Crippen LogP contribution in [0.5, 0.6) is 0 Å². The number of likely N-dealkylation sites (tertiary alicyclic amines) is 1. The fourth-order valence-corrected chi connectivity index (χ4v) is 8.91. The zero-order valence-electron chi connectivity index (χ0n) is 28.6. The van der Waals surface area contributed by atoms with E-state index in [0.717, 1.165) is 37.7 Å². The van der Waals surface area contributed by atoms with Crippen LogP contribution in [-0.4, -0.2) is 87.6 Å². The fourth-order valence-electron chi connectivity index (χ4n) is 8.91. The first-order chi connectivity index (χ1) is 24.3. The minimum Gasteiger partial charge on any atom is -0.455 e. The van der Waals surface area contributed by atoms with E-state index in [0.29, 0.717) is 24.9 Å². The number of amides is 3. The number of cyclic esters (lactones) is 1. The van der Waals surface area contributed by atoms with Crippen molar-refractivity contribution in [3.05, 3.63) is 96.1 Å². The van der Waals surface area contributed by atoms with Crippen LogP contribution in [-0.2, 0) is 35.1 Å². The standard InChI is InChI=1S/C40H47N3O7/c1-26-35(28-16-7-3-8-17-28)49-39(48)33-31(20-11-12-21-32(45)41-26)50-40-22-13-23-42(29-18-9-4-10-19-29)38(47)36(40)43(37(46)34(33)40)30(25-44)24-27-14-5-2-6-15-27/h2-3,5-8,11,13-17,20,22,26,29-31,33-36,44H,4,9-10,12,18-19,21,23-25H2,1H3,(H,41,45)/b20-11-/t26-,30-,31-,33+,34+,35+,36-,40+/m1/s1. The van der Waals surface area contributed by atoms with E-state index in [4.69, 9.17) is 9.47 Å². The molecule has 0 unspecified atom stereocenters. The summed E-state index contributed by atoms with van der Waals surface area (Å²) in [4.78, 5) is 60.9. The number of rotatable bonds is 6. The van der Waals surface area contributed by atoms with Crippen molar-refractivity contribution in [3.63, 3.8) is 0 Å². The minimum absolute atomic E-state index is 0.0337. The van der Waals surface area contributed by atoms with Gasteiger partial charge in [-0.05, 0) is 43.7 Å². The Hall–Kier alpha value is -4.28. The van der Waals surface area contributed by atoms with Gasteiger partial charge in [-0.15, -0.1) is 0 Å². The van der Waals surface area contributed by atoms with E-state index < -0.39 is 59.6 Å². The van der Waals surface area contributed by atoms with Gasteiger partial charge in [-0.3, -0.25) is 19.2 Å². The molecule has 2 aromatic carbocycles. The number of hydrogen-bond acceptors (Lipinski definition) is 7. The number of aliphatic hydroxyl groups is 1. The highest BCUT2D eigenvalue weighted by Gasteiger charge is 2.72. The second kappa shape index (κ2) is 14.5. The second-order valence-corrected chi connectivity index (χ2v) is 14.4. The highest BCUT2D eigenvalue weighted by molar-refractivity contribution is 5.99. The van der Waals surface area contributed by atoms with Gasteiger partial charge in [-0.2, -0.15) is 0 Å². The number of nitrogens with zero attached hydrogens (tertiary/aromatic N) is 2. The van der Waals surface area contributed by atoms with Crippen molar-refractivity contribution in [3.8, 4) is 0 Å². The average molecular weight is 682 g/mol. The molecule has 0 aromatic heterocycles. The topological polar surface area (TPSA) is 125 Å². The first kappa shape index (κ1) is 34.2. The Kier molecular flexibility index (Phi) is 9.93. The number of carbonyl (C=O) groups excluding carboxylic acids is 4. The van der Waals surface area contributed by atoms with Crippen LogP contribution < -0.4 is 5.32 Å². The first-order valence-electron chi connectivity index (χ1n) is 18.2. The molecule has 10 heteroatoms. The van der Waals surface area contributed by atoms with Crippen molar-refractivity contribution in [1.29, 1.82) is 0 Å². The van der Waals surface area contributed by atoms with Crippen molar-refractivity contribution in [1.82, 2.24) is 15.1 Å². The first-order valence-corrected chi connectivity index (χ1v) is 18.2. The van der Waals surface area contributed by atoms with Crippen LogP contribution in [0.2, 0.25) is 0 Å². The molecule has 2 N–H and O–H groups in total. The number of nitrogens with one attached hydrogen (secondary N) is 1. The molecule has 4 aliphatic heterocycles. The summed E-state index contributed by atoms with van der Waals surface area (Å²) in [5, 5.41) is 13.9. The summed E-state index contributed by atoms with van der Waals surface area (Å²) in [5.41, 5.74) is 0.155. The lowest BCUT2D eigenvalue weighted by Gasteiger charge is -2.41. The Labute approximate surface area is 293 Å². The number of hydrogen-bond donors (Lipinski definition) is 2. The van der Waals surface area contributed by atoms with Gasteiger partial charge in [0.15, 0.2) is 0 Å². The number of aliphatic hydroxyl groups excluding tert-OH is 1. The van der Waals surface area contributed by atoms with E-state index in [1.165, 1.54) is 4.90 Å². The molecule has 5 aliphatic rings. The number of ether oxygens (including phenoxy) is 2. The Balaban J connectivity index is 1.32. The van der Waals surface area contributed by atoms with Gasteiger partial charge in [0.2, 0.25) is 17.7 Å². The fraction of sp³-hybridized carbons (Fsp3) is 0.500. The van der Waals surface area contributed by atoms with Gasteiger partial charge in [0.1, 0.15) is 23.7 Å². The molecule has 3 fully saturated rings. The molecule has 0 bridgehead atoms. The normalized spacial score (nSPS) is 33.2. The van der Waals surface area contributed by atoms with Crippen molar-refractivity contribution in [2.75, 3.05) is 13.2 Å². The summed E-state index contributed by atoms with van der Waals surface area (Å²) in [5.74, 6) is -3.58. The second-order valence-electron chi connectivity index (χ2n) is 14.4.